The molecule has 0 spiro atoms. The summed E-state index contributed by atoms with van der Waals surface area (Å²) in [7, 11) is 0. The monoisotopic (exact) mass is 384 g/mol. The van der Waals surface area contributed by atoms with Crippen molar-refractivity contribution >= 4 is 32.5 Å². The maximum absolute atomic E-state index is 5.01. The predicted octanol–water partition coefficient (Wildman–Crippen LogP) is 5.39. The summed E-state index contributed by atoms with van der Waals surface area (Å²) in [6, 6.07) is 16.1. The fraction of sp³-hybridized carbons (Fsp3) is 0.200. The molecule has 2 aromatic rings. The maximum atomic E-state index is 5.01. The van der Waals surface area contributed by atoms with Gasteiger partial charge in [0.2, 0.25) is 0 Å². The van der Waals surface area contributed by atoms with Crippen LogP contribution in [0.25, 0.3) is 0 Å². The van der Waals surface area contributed by atoms with Gasteiger partial charge < -0.3 is 7.66 Å². The molecule has 100 valence electrons. The first kappa shape index (κ1) is 14.4. The third-order valence-corrected chi connectivity index (χ3v) is 4.08. The van der Waals surface area contributed by atoms with Crippen LogP contribution < -0.4 is 7.66 Å². The van der Waals surface area contributed by atoms with E-state index in [1.165, 1.54) is 11.1 Å². The Morgan fingerprint density at radius 2 is 1.00 bits per heavy atom. The van der Waals surface area contributed by atoms with Crippen LogP contribution in [0.4, 0.5) is 0 Å². The summed E-state index contributed by atoms with van der Waals surface area (Å²) < 4.78 is 10.0. The molecule has 0 unspecified atom stereocenters. The first-order valence-corrected chi connectivity index (χ1v) is 7.15. The SMILES string of the molecule is CC(C)(c1ccc(OBr)cc1)c1ccc(OBr)cc1. The second-order valence-corrected chi connectivity index (χ2v) is 5.48. The molecule has 0 amide bonds. The Kier molecular flexibility index (Phi) is 4.53. The first-order valence-electron chi connectivity index (χ1n) is 5.86. The molecule has 0 saturated carbocycles. The third-order valence-electron chi connectivity index (χ3n) is 3.33. The molecular formula is C15H14Br2O2. The summed E-state index contributed by atoms with van der Waals surface area (Å²) in [6.45, 7) is 4.39. The lowest BCUT2D eigenvalue weighted by Crippen LogP contribution is -2.18. The molecule has 0 aliphatic rings. The molecule has 0 saturated heterocycles. The van der Waals surface area contributed by atoms with E-state index < -0.39 is 0 Å². The molecule has 4 heteroatoms. The van der Waals surface area contributed by atoms with E-state index in [9.17, 15) is 0 Å². The second-order valence-electron chi connectivity index (χ2n) is 4.83. The fourth-order valence-electron chi connectivity index (χ4n) is 2.01. The van der Waals surface area contributed by atoms with Gasteiger partial charge in [-0.05, 0) is 35.4 Å². The van der Waals surface area contributed by atoms with Crippen LogP contribution in [-0.2, 0) is 5.41 Å². The van der Waals surface area contributed by atoms with Gasteiger partial charge in [-0.1, -0.05) is 38.1 Å². The van der Waals surface area contributed by atoms with Gasteiger partial charge in [-0.25, -0.2) is 0 Å². The van der Waals surface area contributed by atoms with Crippen LogP contribution in [0.15, 0.2) is 48.5 Å². The number of hydrogen-bond acceptors (Lipinski definition) is 2. The molecule has 0 radical (unpaired) electrons. The zero-order valence-electron chi connectivity index (χ0n) is 10.7. The van der Waals surface area contributed by atoms with Crippen LogP contribution >= 0.6 is 32.5 Å². The van der Waals surface area contributed by atoms with Crippen LogP contribution in [0.5, 0.6) is 11.5 Å². The Morgan fingerprint density at radius 3 is 1.26 bits per heavy atom. The van der Waals surface area contributed by atoms with Gasteiger partial charge in [0.25, 0.3) is 0 Å². The minimum atomic E-state index is -0.0737. The number of rotatable bonds is 4. The number of halogens is 2. The zero-order chi connectivity index (χ0) is 13.9. The van der Waals surface area contributed by atoms with Gasteiger partial charge in [0.05, 0.1) is 0 Å². The van der Waals surface area contributed by atoms with Crippen LogP contribution in [0.2, 0.25) is 0 Å². The molecule has 0 N–H and O–H groups in total. The molecule has 0 aromatic heterocycles. The van der Waals surface area contributed by atoms with Gasteiger partial charge in [0, 0.05) is 5.41 Å². The highest BCUT2D eigenvalue weighted by Gasteiger charge is 2.23. The van der Waals surface area contributed by atoms with E-state index in [2.05, 4.69) is 70.6 Å². The van der Waals surface area contributed by atoms with Crippen molar-refractivity contribution < 1.29 is 7.66 Å². The maximum Gasteiger partial charge on any atom is 0.179 e. The van der Waals surface area contributed by atoms with Gasteiger partial charge in [-0.2, -0.15) is 0 Å². The molecule has 0 atom stereocenters. The Bertz CT molecular complexity index is 484. The molecule has 0 aliphatic heterocycles. The minimum absolute atomic E-state index is 0.0737. The summed E-state index contributed by atoms with van der Waals surface area (Å²) in [5.74, 6) is 1.59. The Labute approximate surface area is 130 Å². The lowest BCUT2D eigenvalue weighted by Gasteiger charge is -2.26. The summed E-state index contributed by atoms with van der Waals surface area (Å²) in [5, 5.41) is 0. The summed E-state index contributed by atoms with van der Waals surface area (Å²) in [4.78, 5) is 0. The van der Waals surface area contributed by atoms with Crippen molar-refractivity contribution in [3.63, 3.8) is 0 Å². The standard InChI is InChI=1S/C15H14Br2O2/c1-15(2,11-3-7-13(18-16)8-4-11)12-5-9-14(19-17)10-6-12/h3-10H,1-2H3. The molecule has 2 aromatic carbocycles. The smallest absolute Gasteiger partial charge is 0.179 e. The lowest BCUT2D eigenvalue weighted by atomic mass is 9.78. The highest BCUT2D eigenvalue weighted by molar-refractivity contribution is 9.06. The quantitative estimate of drug-likeness (QED) is 0.702. The molecule has 0 heterocycles. The first-order chi connectivity index (χ1) is 9.07. The van der Waals surface area contributed by atoms with Crippen LogP contribution in [0.1, 0.15) is 25.0 Å². The van der Waals surface area contributed by atoms with E-state index in [0.29, 0.717) is 0 Å². The Morgan fingerprint density at radius 1 is 0.684 bits per heavy atom. The zero-order valence-corrected chi connectivity index (χ0v) is 13.9. The van der Waals surface area contributed by atoms with Crippen LogP contribution in [0.3, 0.4) is 0 Å². The fourth-order valence-corrected chi connectivity index (χ4v) is 2.44. The van der Waals surface area contributed by atoms with E-state index in [-0.39, 0.29) is 5.41 Å². The Balaban J connectivity index is 2.33. The lowest BCUT2D eigenvalue weighted by molar-refractivity contribution is 0.630. The van der Waals surface area contributed by atoms with Crippen LogP contribution in [-0.4, -0.2) is 0 Å². The molecule has 0 fully saturated rings. The van der Waals surface area contributed by atoms with Gasteiger partial charge in [0.1, 0.15) is 11.5 Å². The summed E-state index contributed by atoms with van der Waals surface area (Å²) >= 11 is 5.95. The highest BCUT2D eigenvalue weighted by Crippen LogP contribution is 2.33. The van der Waals surface area contributed by atoms with E-state index >= 15 is 0 Å². The van der Waals surface area contributed by atoms with Crippen molar-refractivity contribution in [2.45, 2.75) is 19.3 Å². The molecule has 2 rings (SSSR count). The van der Waals surface area contributed by atoms with Crippen molar-refractivity contribution in [1.29, 1.82) is 0 Å². The van der Waals surface area contributed by atoms with Crippen molar-refractivity contribution in [2.75, 3.05) is 0 Å². The predicted molar refractivity (Wildman–Crippen MR) is 84.1 cm³/mol. The minimum Gasteiger partial charge on any atom is -0.418 e. The van der Waals surface area contributed by atoms with E-state index in [0.717, 1.165) is 11.5 Å². The highest BCUT2D eigenvalue weighted by atomic mass is 79.9. The Hall–Kier alpha value is -1.00. The van der Waals surface area contributed by atoms with Crippen molar-refractivity contribution in [2.24, 2.45) is 0 Å². The summed E-state index contributed by atoms with van der Waals surface area (Å²) in [6.07, 6.45) is 0. The van der Waals surface area contributed by atoms with Crippen LogP contribution in [0, 0.1) is 0 Å². The van der Waals surface area contributed by atoms with E-state index in [1.54, 1.807) is 0 Å². The van der Waals surface area contributed by atoms with E-state index in [1.807, 2.05) is 24.3 Å². The van der Waals surface area contributed by atoms with Crippen molar-refractivity contribution in [3.05, 3.63) is 59.7 Å². The van der Waals surface area contributed by atoms with E-state index in [4.69, 9.17) is 7.66 Å². The molecule has 2 nitrogen and oxygen atoms in total. The molecular weight excluding hydrogens is 372 g/mol. The number of benzene rings is 2. The summed E-state index contributed by atoms with van der Waals surface area (Å²) in [5.41, 5.74) is 2.39. The average Bonchev–Trinajstić information content (AvgIpc) is 2.47. The van der Waals surface area contributed by atoms with Crippen molar-refractivity contribution in [1.82, 2.24) is 0 Å². The number of hydrogen-bond donors (Lipinski definition) is 0. The molecule has 0 aliphatic carbocycles. The average molecular weight is 386 g/mol. The van der Waals surface area contributed by atoms with Gasteiger partial charge in [-0.3, -0.25) is 0 Å². The third kappa shape index (κ3) is 3.12. The van der Waals surface area contributed by atoms with Gasteiger partial charge in [0.15, 0.2) is 32.5 Å². The second kappa shape index (κ2) is 5.97. The van der Waals surface area contributed by atoms with Crippen molar-refractivity contribution in [3.8, 4) is 11.5 Å². The van der Waals surface area contributed by atoms with Gasteiger partial charge >= 0.3 is 0 Å². The molecule has 0 bridgehead atoms. The normalized spacial score (nSPS) is 11.2. The molecule has 19 heavy (non-hydrogen) atoms. The topological polar surface area (TPSA) is 18.5 Å². The van der Waals surface area contributed by atoms with Gasteiger partial charge in [-0.15, -0.1) is 0 Å². The largest absolute Gasteiger partial charge is 0.418 e.